The molecule has 0 fully saturated rings. The van der Waals surface area contributed by atoms with E-state index in [0.717, 1.165) is 0 Å². The number of sulfonamides is 1. The van der Waals surface area contributed by atoms with Gasteiger partial charge in [-0.05, 0) is 42.0 Å². The molecular weight excluding hydrogens is 420 g/mol. The van der Waals surface area contributed by atoms with Crippen molar-refractivity contribution < 1.29 is 27.5 Å². The van der Waals surface area contributed by atoms with Crippen LogP contribution in [0, 0.1) is 0 Å². The van der Waals surface area contributed by atoms with E-state index >= 15 is 0 Å². The molecular formula is C22H22N2O6S. The summed E-state index contributed by atoms with van der Waals surface area (Å²) in [7, 11) is -2.36. The molecule has 8 nitrogen and oxygen atoms in total. The maximum absolute atomic E-state index is 12.8. The van der Waals surface area contributed by atoms with Gasteiger partial charge in [-0.25, -0.2) is 23.0 Å². The fraction of sp³-hybridized carbons (Fsp3) is 0.227. The Bertz CT molecular complexity index is 1160. The molecule has 0 bridgehead atoms. The molecule has 31 heavy (non-hydrogen) atoms. The molecule has 0 saturated heterocycles. The molecule has 0 N–H and O–H groups in total. The second-order valence-corrected chi connectivity index (χ2v) is 8.50. The Hall–Kier alpha value is -3.30. The van der Waals surface area contributed by atoms with Crippen molar-refractivity contribution in [1.29, 1.82) is 0 Å². The Morgan fingerprint density at radius 2 is 1.81 bits per heavy atom. The van der Waals surface area contributed by atoms with Gasteiger partial charge in [0.2, 0.25) is 15.9 Å². The smallest absolute Gasteiger partial charge is 0.363 e. The average molecular weight is 442 g/mol. The number of esters is 2. The largest absolute Gasteiger partial charge is 0.465 e. The first-order valence-corrected chi connectivity index (χ1v) is 11.1. The van der Waals surface area contributed by atoms with Crippen molar-refractivity contribution in [3.05, 3.63) is 70.9 Å². The van der Waals surface area contributed by atoms with Gasteiger partial charge in [0, 0.05) is 18.7 Å². The first-order chi connectivity index (χ1) is 14.8. The van der Waals surface area contributed by atoms with Gasteiger partial charge in [0.25, 0.3) is 0 Å². The maximum Gasteiger partial charge on any atom is 0.363 e. The quantitative estimate of drug-likeness (QED) is 0.483. The third kappa shape index (κ3) is 4.73. The Labute approximate surface area is 180 Å². The van der Waals surface area contributed by atoms with E-state index in [-0.39, 0.29) is 16.5 Å². The van der Waals surface area contributed by atoms with Crippen LogP contribution in [0.4, 0.5) is 0 Å². The normalized spacial score (nSPS) is 15.2. The van der Waals surface area contributed by atoms with Crippen LogP contribution in [0.2, 0.25) is 0 Å². The average Bonchev–Trinajstić information content (AvgIpc) is 3.14. The summed E-state index contributed by atoms with van der Waals surface area (Å²) in [6.07, 6.45) is 1.52. The molecule has 2 aromatic carbocycles. The van der Waals surface area contributed by atoms with E-state index in [9.17, 15) is 18.0 Å². The third-order valence-corrected chi connectivity index (χ3v) is 6.73. The molecule has 0 spiro atoms. The van der Waals surface area contributed by atoms with Crippen LogP contribution in [0.1, 0.15) is 35.3 Å². The van der Waals surface area contributed by atoms with Crippen LogP contribution < -0.4 is 0 Å². The van der Waals surface area contributed by atoms with Crippen molar-refractivity contribution in [2.75, 3.05) is 20.2 Å². The highest BCUT2D eigenvalue weighted by Gasteiger charge is 2.27. The maximum atomic E-state index is 12.8. The molecule has 0 atom stereocenters. The molecule has 0 saturated carbocycles. The monoisotopic (exact) mass is 442 g/mol. The first kappa shape index (κ1) is 22.4. The molecule has 1 aliphatic rings. The SMILES string of the molecule is CCN(CC)S(=O)(=O)c1cccc(C2=N/C(=C/c3ccc(C(=O)OC)cc3)C(=O)O2)c1. The lowest BCUT2D eigenvalue weighted by Crippen LogP contribution is -2.30. The Morgan fingerprint density at radius 1 is 1.13 bits per heavy atom. The highest BCUT2D eigenvalue weighted by molar-refractivity contribution is 7.89. The number of methoxy groups -OCH3 is 1. The van der Waals surface area contributed by atoms with Gasteiger partial charge in [0.05, 0.1) is 17.6 Å². The number of cyclic esters (lactones) is 1. The summed E-state index contributed by atoms with van der Waals surface area (Å²) in [6.45, 7) is 4.23. The van der Waals surface area contributed by atoms with Crippen molar-refractivity contribution in [2.45, 2.75) is 18.7 Å². The van der Waals surface area contributed by atoms with Gasteiger partial charge in [-0.3, -0.25) is 0 Å². The number of hydrogen-bond donors (Lipinski definition) is 0. The van der Waals surface area contributed by atoms with Gasteiger partial charge >= 0.3 is 11.9 Å². The summed E-state index contributed by atoms with van der Waals surface area (Å²) in [5.74, 6) is -1.08. The second-order valence-electron chi connectivity index (χ2n) is 6.57. The predicted molar refractivity (Wildman–Crippen MR) is 115 cm³/mol. The van der Waals surface area contributed by atoms with Crippen molar-refractivity contribution in [2.24, 2.45) is 4.99 Å². The van der Waals surface area contributed by atoms with Crippen molar-refractivity contribution in [1.82, 2.24) is 4.31 Å². The lowest BCUT2D eigenvalue weighted by atomic mass is 10.1. The number of benzene rings is 2. The van der Waals surface area contributed by atoms with Crippen LogP contribution in [0.5, 0.6) is 0 Å². The summed E-state index contributed by atoms with van der Waals surface area (Å²) in [6, 6.07) is 12.6. The number of ether oxygens (including phenoxy) is 2. The summed E-state index contributed by atoms with van der Waals surface area (Å²) in [4.78, 5) is 28.1. The topological polar surface area (TPSA) is 102 Å². The summed E-state index contributed by atoms with van der Waals surface area (Å²) < 4.78 is 36.8. The van der Waals surface area contributed by atoms with E-state index in [4.69, 9.17) is 4.74 Å². The van der Waals surface area contributed by atoms with E-state index in [2.05, 4.69) is 9.73 Å². The van der Waals surface area contributed by atoms with Crippen LogP contribution in [0.3, 0.4) is 0 Å². The first-order valence-electron chi connectivity index (χ1n) is 9.61. The van der Waals surface area contributed by atoms with Crippen molar-refractivity contribution in [3.8, 4) is 0 Å². The van der Waals surface area contributed by atoms with Crippen LogP contribution in [0.15, 0.2) is 64.1 Å². The van der Waals surface area contributed by atoms with Gasteiger partial charge in [-0.15, -0.1) is 0 Å². The molecule has 1 aliphatic heterocycles. The molecule has 162 valence electrons. The number of nitrogens with zero attached hydrogens (tertiary/aromatic N) is 2. The Morgan fingerprint density at radius 3 is 2.42 bits per heavy atom. The van der Waals surface area contributed by atoms with E-state index in [0.29, 0.717) is 29.8 Å². The van der Waals surface area contributed by atoms with Crippen molar-refractivity contribution >= 4 is 33.9 Å². The minimum absolute atomic E-state index is 0.0269. The highest BCUT2D eigenvalue weighted by atomic mass is 32.2. The van der Waals surface area contributed by atoms with Gasteiger partial charge < -0.3 is 9.47 Å². The fourth-order valence-corrected chi connectivity index (χ4v) is 4.53. The zero-order valence-electron chi connectivity index (χ0n) is 17.4. The second kappa shape index (κ2) is 9.23. The van der Waals surface area contributed by atoms with Crippen LogP contribution in [-0.4, -0.2) is 50.8 Å². The fourth-order valence-electron chi connectivity index (χ4n) is 3.03. The minimum Gasteiger partial charge on any atom is -0.465 e. The predicted octanol–water partition coefficient (Wildman–Crippen LogP) is 2.85. The van der Waals surface area contributed by atoms with Gasteiger partial charge in [0.1, 0.15) is 0 Å². The van der Waals surface area contributed by atoms with E-state index in [1.165, 1.54) is 29.6 Å². The zero-order chi connectivity index (χ0) is 22.6. The number of carbonyl (C=O) groups is 2. The third-order valence-electron chi connectivity index (χ3n) is 4.68. The minimum atomic E-state index is -3.66. The number of rotatable bonds is 7. The highest BCUT2D eigenvalue weighted by Crippen LogP contribution is 2.22. The summed E-state index contributed by atoms with van der Waals surface area (Å²) in [5.41, 5.74) is 1.47. The number of hydrogen-bond acceptors (Lipinski definition) is 7. The van der Waals surface area contributed by atoms with E-state index < -0.39 is 22.0 Å². The Kier molecular flexibility index (Phi) is 6.67. The van der Waals surface area contributed by atoms with Crippen molar-refractivity contribution in [3.63, 3.8) is 0 Å². The molecule has 0 aromatic heterocycles. The summed E-state index contributed by atoms with van der Waals surface area (Å²) in [5, 5.41) is 0. The van der Waals surface area contributed by atoms with Crippen LogP contribution >= 0.6 is 0 Å². The number of carbonyl (C=O) groups excluding carboxylic acids is 2. The molecule has 0 unspecified atom stereocenters. The molecule has 1 heterocycles. The van der Waals surface area contributed by atoms with Gasteiger partial charge in [0.15, 0.2) is 5.70 Å². The van der Waals surface area contributed by atoms with E-state index in [1.807, 2.05) is 0 Å². The van der Waals surface area contributed by atoms with E-state index in [1.54, 1.807) is 50.2 Å². The van der Waals surface area contributed by atoms with Crippen LogP contribution in [0.25, 0.3) is 6.08 Å². The molecule has 2 aromatic rings. The lowest BCUT2D eigenvalue weighted by Gasteiger charge is -2.18. The molecule has 3 rings (SSSR count). The van der Waals surface area contributed by atoms with Gasteiger partial charge in [-0.1, -0.05) is 32.0 Å². The molecule has 0 radical (unpaired) electrons. The standard InChI is InChI=1S/C22H22N2O6S/c1-4-24(5-2)31(27,28)18-8-6-7-17(14-18)20-23-19(22(26)30-20)13-15-9-11-16(12-10-15)21(25)29-3/h6-14H,4-5H2,1-3H3/b19-13+. The molecule has 0 aliphatic carbocycles. The Balaban J connectivity index is 1.90. The molecule has 0 amide bonds. The van der Waals surface area contributed by atoms with Gasteiger partial charge in [-0.2, -0.15) is 4.31 Å². The lowest BCUT2D eigenvalue weighted by molar-refractivity contribution is -0.129. The van der Waals surface area contributed by atoms with Crippen LogP contribution in [-0.2, 0) is 24.3 Å². The molecule has 9 heteroatoms. The summed E-state index contributed by atoms with van der Waals surface area (Å²) >= 11 is 0. The number of aliphatic imine (C=N–C) groups is 1. The zero-order valence-corrected chi connectivity index (χ0v) is 18.2.